The summed E-state index contributed by atoms with van der Waals surface area (Å²) >= 11 is 0. The third-order valence-corrected chi connectivity index (χ3v) is 2.16. The molecule has 0 saturated carbocycles. The Hall–Kier alpha value is -1.22. The van der Waals surface area contributed by atoms with E-state index in [4.69, 9.17) is 0 Å². The SMILES string of the molecule is CNCC(C)C(=O)Cc1cccnc1. The minimum atomic E-state index is 0.0696. The van der Waals surface area contributed by atoms with Gasteiger partial charge in [0.2, 0.25) is 0 Å². The molecule has 0 aliphatic carbocycles. The molecule has 0 aromatic carbocycles. The number of pyridine rings is 1. The highest BCUT2D eigenvalue weighted by molar-refractivity contribution is 5.83. The molecule has 76 valence electrons. The molecule has 1 aromatic heterocycles. The van der Waals surface area contributed by atoms with Crippen molar-refractivity contribution < 1.29 is 4.79 Å². The number of Topliss-reactive ketones (excluding diaryl/α,β-unsaturated/α-hetero) is 1. The maximum atomic E-state index is 11.6. The van der Waals surface area contributed by atoms with Crippen molar-refractivity contribution in [1.29, 1.82) is 0 Å². The monoisotopic (exact) mass is 192 g/mol. The molecular formula is C11H16N2O. The summed E-state index contributed by atoms with van der Waals surface area (Å²) in [6.45, 7) is 2.67. The fourth-order valence-corrected chi connectivity index (χ4v) is 1.30. The van der Waals surface area contributed by atoms with E-state index >= 15 is 0 Å². The smallest absolute Gasteiger partial charge is 0.141 e. The Kier molecular flexibility index (Phi) is 4.26. The molecule has 1 rings (SSSR count). The summed E-state index contributed by atoms with van der Waals surface area (Å²) in [5.41, 5.74) is 0.987. The molecule has 1 N–H and O–H groups in total. The van der Waals surface area contributed by atoms with Gasteiger partial charge in [0.1, 0.15) is 5.78 Å². The van der Waals surface area contributed by atoms with Crippen LogP contribution in [0.2, 0.25) is 0 Å². The summed E-state index contributed by atoms with van der Waals surface area (Å²) in [6, 6.07) is 3.78. The zero-order valence-electron chi connectivity index (χ0n) is 8.66. The summed E-state index contributed by atoms with van der Waals surface area (Å²) < 4.78 is 0. The zero-order chi connectivity index (χ0) is 10.4. The molecule has 14 heavy (non-hydrogen) atoms. The number of hydrogen-bond donors (Lipinski definition) is 1. The molecule has 0 spiro atoms. The second kappa shape index (κ2) is 5.50. The molecule has 0 fully saturated rings. The third kappa shape index (κ3) is 3.26. The lowest BCUT2D eigenvalue weighted by molar-refractivity contribution is -0.121. The third-order valence-electron chi connectivity index (χ3n) is 2.16. The summed E-state index contributed by atoms with van der Waals surface area (Å²) in [5, 5.41) is 3.00. The van der Waals surface area contributed by atoms with Crippen LogP contribution in [0.4, 0.5) is 0 Å². The Morgan fingerprint density at radius 3 is 3.00 bits per heavy atom. The van der Waals surface area contributed by atoms with Gasteiger partial charge in [-0.2, -0.15) is 0 Å². The van der Waals surface area contributed by atoms with Crippen LogP contribution in [0.15, 0.2) is 24.5 Å². The minimum absolute atomic E-state index is 0.0696. The van der Waals surface area contributed by atoms with Gasteiger partial charge >= 0.3 is 0 Å². The van der Waals surface area contributed by atoms with Crippen molar-refractivity contribution >= 4 is 5.78 Å². The van der Waals surface area contributed by atoms with E-state index < -0.39 is 0 Å². The van der Waals surface area contributed by atoms with E-state index in [9.17, 15) is 4.79 Å². The van der Waals surface area contributed by atoms with Crippen LogP contribution in [0.25, 0.3) is 0 Å². The van der Waals surface area contributed by atoms with Gasteiger partial charge in [-0.25, -0.2) is 0 Å². The zero-order valence-corrected chi connectivity index (χ0v) is 8.66. The molecule has 1 aromatic rings. The van der Waals surface area contributed by atoms with Crippen molar-refractivity contribution in [2.75, 3.05) is 13.6 Å². The average molecular weight is 192 g/mol. The summed E-state index contributed by atoms with van der Waals surface area (Å²) in [7, 11) is 1.86. The normalized spacial score (nSPS) is 12.4. The van der Waals surface area contributed by atoms with Gasteiger partial charge in [-0.15, -0.1) is 0 Å². The highest BCUT2D eigenvalue weighted by Crippen LogP contribution is 2.03. The van der Waals surface area contributed by atoms with Crippen molar-refractivity contribution in [2.45, 2.75) is 13.3 Å². The van der Waals surface area contributed by atoms with Crippen LogP contribution in [0, 0.1) is 5.92 Å². The Bertz CT molecular complexity index is 285. The lowest BCUT2D eigenvalue weighted by Crippen LogP contribution is -2.24. The lowest BCUT2D eigenvalue weighted by Gasteiger charge is -2.08. The van der Waals surface area contributed by atoms with Gasteiger partial charge in [0.05, 0.1) is 0 Å². The molecule has 0 amide bonds. The second-order valence-electron chi connectivity index (χ2n) is 3.46. The lowest BCUT2D eigenvalue weighted by atomic mass is 10.0. The Morgan fingerprint density at radius 2 is 2.43 bits per heavy atom. The first-order valence-corrected chi connectivity index (χ1v) is 4.80. The Morgan fingerprint density at radius 1 is 1.64 bits per heavy atom. The van der Waals surface area contributed by atoms with Gasteiger partial charge in [-0.1, -0.05) is 13.0 Å². The van der Waals surface area contributed by atoms with E-state index in [1.54, 1.807) is 12.4 Å². The predicted octanol–water partition coefficient (Wildman–Crippen LogP) is 1.05. The summed E-state index contributed by atoms with van der Waals surface area (Å²) in [5.74, 6) is 0.326. The first-order valence-electron chi connectivity index (χ1n) is 4.80. The van der Waals surface area contributed by atoms with E-state index in [1.807, 2.05) is 26.1 Å². The minimum Gasteiger partial charge on any atom is -0.319 e. The van der Waals surface area contributed by atoms with Gasteiger partial charge in [-0.3, -0.25) is 9.78 Å². The largest absolute Gasteiger partial charge is 0.319 e. The Labute approximate surface area is 84.6 Å². The van der Waals surface area contributed by atoms with E-state index in [-0.39, 0.29) is 11.7 Å². The van der Waals surface area contributed by atoms with Crippen molar-refractivity contribution in [1.82, 2.24) is 10.3 Å². The number of carbonyl (C=O) groups excluding carboxylic acids is 1. The molecule has 0 saturated heterocycles. The molecule has 0 radical (unpaired) electrons. The second-order valence-corrected chi connectivity index (χ2v) is 3.46. The van der Waals surface area contributed by atoms with E-state index in [2.05, 4.69) is 10.3 Å². The van der Waals surface area contributed by atoms with Crippen LogP contribution >= 0.6 is 0 Å². The van der Waals surface area contributed by atoms with Crippen molar-refractivity contribution in [3.05, 3.63) is 30.1 Å². The van der Waals surface area contributed by atoms with E-state index in [1.165, 1.54) is 0 Å². The van der Waals surface area contributed by atoms with Crippen LogP contribution in [0.3, 0.4) is 0 Å². The molecule has 1 atom stereocenters. The van der Waals surface area contributed by atoms with Gasteiger partial charge in [-0.05, 0) is 18.7 Å². The molecule has 0 aliphatic heterocycles. The number of carbonyl (C=O) groups is 1. The molecule has 3 nitrogen and oxygen atoms in total. The molecule has 1 heterocycles. The highest BCUT2D eigenvalue weighted by atomic mass is 16.1. The van der Waals surface area contributed by atoms with Gasteiger partial charge in [0, 0.05) is 31.3 Å². The van der Waals surface area contributed by atoms with Crippen LogP contribution in [-0.2, 0) is 11.2 Å². The maximum absolute atomic E-state index is 11.6. The standard InChI is InChI=1S/C11H16N2O/c1-9(7-12-2)11(14)6-10-4-3-5-13-8-10/h3-5,8-9,12H,6-7H2,1-2H3. The van der Waals surface area contributed by atoms with Crippen molar-refractivity contribution in [3.63, 3.8) is 0 Å². The van der Waals surface area contributed by atoms with Gasteiger partial charge in [0.15, 0.2) is 0 Å². The number of aromatic nitrogens is 1. The number of ketones is 1. The molecule has 1 unspecified atom stereocenters. The topological polar surface area (TPSA) is 42.0 Å². The number of rotatable bonds is 5. The van der Waals surface area contributed by atoms with Crippen molar-refractivity contribution in [3.8, 4) is 0 Å². The first kappa shape index (κ1) is 10.9. The molecule has 0 bridgehead atoms. The highest BCUT2D eigenvalue weighted by Gasteiger charge is 2.11. The van der Waals surface area contributed by atoms with Crippen LogP contribution in [-0.4, -0.2) is 24.4 Å². The summed E-state index contributed by atoms with van der Waals surface area (Å²) in [4.78, 5) is 15.6. The predicted molar refractivity (Wildman–Crippen MR) is 56.0 cm³/mol. The fraction of sp³-hybridized carbons (Fsp3) is 0.455. The van der Waals surface area contributed by atoms with Crippen molar-refractivity contribution in [2.24, 2.45) is 5.92 Å². The number of hydrogen-bond acceptors (Lipinski definition) is 3. The Balaban J connectivity index is 2.49. The van der Waals surface area contributed by atoms with E-state index in [0.717, 1.165) is 12.1 Å². The average Bonchev–Trinajstić information content (AvgIpc) is 2.19. The van der Waals surface area contributed by atoms with Crippen LogP contribution in [0.5, 0.6) is 0 Å². The number of nitrogens with one attached hydrogen (secondary N) is 1. The fourth-order valence-electron chi connectivity index (χ4n) is 1.30. The van der Waals surface area contributed by atoms with E-state index in [0.29, 0.717) is 6.42 Å². The molecule has 3 heteroatoms. The first-order chi connectivity index (χ1) is 6.74. The summed E-state index contributed by atoms with van der Waals surface area (Å²) in [6.07, 6.45) is 3.94. The maximum Gasteiger partial charge on any atom is 0.141 e. The van der Waals surface area contributed by atoms with Gasteiger partial charge in [0.25, 0.3) is 0 Å². The molecular weight excluding hydrogens is 176 g/mol. The number of nitrogens with zero attached hydrogens (tertiary/aromatic N) is 1. The van der Waals surface area contributed by atoms with Crippen LogP contribution in [0.1, 0.15) is 12.5 Å². The molecule has 0 aliphatic rings. The van der Waals surface area contributed by atoms with Gasteiger partial charge < -0.3 is 5.32 Å². The quantitative estimate of drug-likeness (QED) is 0.758. The van der Waals surface area contributed by atoms with Crippen LogP contribution < -0.4 is 5.32 Å².